The summed E-state index contributed by atoms with van der Waals surface area (Å²) in [5.74, 6) is 0.435. The molecule has 0 spiro atoms. The molecule has 0 atom stereocenters. The smallest absolute Gasteiger partial charge is 0.255 e. The number of aromatic nitrogens is 1. The second-order valence-corrected chi connectivity index (χ2v) is 4.33. The average Bonchev–Trinajstić information content (AvgIpc) is 2.23. The Bertz CT molecular complexity index is 557. The van der Waals surface area contributed by atoms with Crippen LogP contribution in [0.4, 0.5) is 0 Å². The maximum Gasteiger partial charge on any atom is 0.255 e. The Hall–Kier alpha value is -1.28. The Morgan fingerprint density at radius 1 is 1.27 bits per heavy atom. The highest BCUT2D eigenvalue weighted by molar-refractivity contribution is 6.35. The van der Waals surface area contributed by atoms with E-state index in [1.54, 1.807) is 0 Å². The first-order chi connectivity index (χ1) is 7.09. The highest BCUT2D eigenvalue weighted by atomic mass is 35.5. The molecule has 0 aliphatic heterocycles. The van der Waals surface area contributed by atoms with Crippen LogP contribution < -0.4 is 5.56 Å². The van der Waals surface area contributed by atoms with Gasteiger partial charge in [-0.3, -0.25) is 4.79 Å². The minimum absolute atomic E-state index is 0.0929. The van der Waals surface area contributed by atoms with Crippen LogP contribution >= 0.6 is 11.6 Å². The number of benzene rings is 1. The van der Waals surface area contributed by atoms with Gasteiger partial charge in [0.05, 0.1) is 5.02 Å². The third-order valence-corrected chi connectivity index (χ3v) is 2.85. The second-order valence-electron chi connectivity index (χ2n) is 3.93. The number of fused-ring (bicyclic) bond motifs is 1. The number of aromatic amines is 1. The van der Waals surface area contributed by atoms with E-state index in [9.17, 15) is 4.79 Å². The molecule has 1 N–H and O–H groups in total. The van der Waals surface area contributed by atoms with Gasteiger partial charge in [0.2, 0.25) is 0 Å². The summed E-state index contributed by atoms with van der Waals surface area (Å²) in [5.41, 5.74) is 1.10. The first-order valence-corrected chi connectivity index (χ1v) is 5.28. The normalized spacial score (nSPS) is 11.2. The van der Waals surface area contributed by atoms with Gasteiger partial charge >= 0.3 is 0 Å². The summed E-state index contributed by atoms with van der Waals surface area (Å²) < 4.78 is 0. The van der Waals surface area contributed by atoms with E-state index in [0.29, 0.717) is 16.3 Å². The molecule has 2 aromatic rings. The van der Waals surface area contributed by atoms with Gasteiger partial charge in [0, 0.05) is 17.0 Å². The number of pyridine rings is 1. The number of hydrogen-bond donors (Lipinski definition) is 1. The lowest BCUT2D eigenvalue weighted by Crippen LogP contribution is -2.05. The zero-order valence-corrected chi connectivity index (χ0v) is 9.43. The van der Waals surface area contributed by atoms with Gasteiger partial charge in [0.25, 0.3) is 5.56 Å². The molecule has 0 bridgehead atoms. The Balaban J connectivity index is 2.81. The standard InChI is InChI=1S/C12H12ClNO/c1-7(2)8-3-4-9-10(5-8)11(13)6-14-12(9)15/h3-7H,1-2H3,(H,14,15). The maximum absolute atomic E-state index is 11.5. The van der Waals surface area contributed by atoms with Crippen molar-refractivity contribution in [3.63, 3.8) is 0 Å². The van der Waals surface area contributed by atoms with E-state index in [2.05, 4.69) is 18.8 Å². The molecule has 0 radical (unpaired) electrons. The third kappa shape index (κ3) is 1.77. The molecule has 78 valence electrons. The Morgan fingerprint density at radius 2 is 2.00 bits per heavy atom. The van der Waals surface area contributed by atoms with E-state index in [1.807, 2.05) is 18.2 Å². The zero-order chi connectivity index (χ0) is 11.0. The summed E-state index contributed by atoms with van der Waals surface area (Å²) in [6.45, 7) is 4.23. The van der Waals surface area contributed by atoms with Crippen molar-refractivity contribution in [3.8, 4) is 0 Å². The molecule has 0 saturated heterocycles. The monoisotopic (exact) mass is 221 g/mol. The molecule has 0 aliphatic carbocycles. The molecule has 0 saturated carbocycles. The highest BCUT2D eigenvalue weighted by Crippen LogP contribution is 2.24. The molecule has 2 nitrogen and oxygen atoms in total. The van der Waals surface area contributed by atoms with Gasteiger partial charge in [-0.15, -0.1) is 0 Å². The molecule has 0 fully saturated rings. The first-order valence-electron chi connectivity index (χ1n) is 4.90. The van der Waals surface area contributed by atoms with Crippen molar-refractivity contribution in [3.05, 3.63) is 45.3 Å². The predicted molar refractivity (Wildman–Crippen MR) is 63.7 cm³/mol. The minimum Gasteiger partial charge on any atom is -0.327 e. The van der Waals surface area contributed by atoms with Crippen LogP contribution in [0.5, 0.6) is 0 Å². The van der Waals surface area contributed by atoms with Crippen molar-refractivity contribution >= 4 is 22.4 Å². The third-order valence-electron chi connectivity index (χ3n) is 2.54. The number of H-pyrrole nitrogens is 1. The molecule has 0 unspecified atom stereocenters. The van der Waals surface area contributed by atoms with Crippen molar-refractivity contribution < 1.29 is 0 Å². The minimum atomic E-state index is -0.0929. The summed E-state index contributed by atoms with van der Waals surface area (Å²) in [4.78, 5) is 14.1. The van der Waals surface area contributed by atoms with Gasteiger partial charge in [-0.05, 0) is 23.6 Å². The summed E-state index contributed by atoms with van der Waals surface area (Å²) >= 11 is 6.04. The lowest BCUT2D eigenvalue weighted by molar-refractivity contribution is 0.868. The largest absolute Gasteiger partial charge is 0.327 e. The van der Waals surface area contributed by atoms with Crippen LogP contribution in [0.2, 0.25) is 5.02 Å². The van der Waals surface area contributed by atoms with Crippen LogP contribution in [-0.4, -0.2) is 4.98 Å². The van der Waals surface area contributed by atoms with Crippen molar-refractivity contribution in [1.29, 1.82) is 0 Å². The number of rotatable bonds is 1. The lowest BCUT2D eigenvalue weighted by atomic mass is 10.0. The fraction of sp³-hybridized carbons (Fsp3) is 0.250. The molecule has 2 rings (SSSR count). The number of nitrogens with one attached hydrogen (secondary N) is 1. The predicted octanol–water partition coefficient (Wildman–Crippen LogP) is 3.30. The van der Waals surface area contributed by atoms with Gasteiger partial charge in [-0.2, -0.15) is 0 Å². The Labute approximate surface area is 92.9 Å². The van der Waals surface area contributed by atoms with Gasteiger partial charge in [-0.1, -0.05) is 31.5 Å². The van der Waals surface area contributed by atoms with Crippen LogP contribution in [0.25, 0.3) is 10.8 Å². The van der Waals surface area contributed by atoms with Gasteiger partial charge in [0.1, 0.15) is 0 Å². The van der Waals surface area contributed by atoms with Crippen LogP contribution in [0.1, 0.15) is 25.3 Å². The van der Waals surface area contributed by atoms with Crippen molar-refractivity contribution in [1.82, 2.24) is 4.98 Å². The van der Waals surface area contributed by atoms with Crippen LogP contribution in [0, 0.1) is 0 Å². The first kappa shape index (κ1) is 10.2. The maximum atomic E-state index is 11.5. The quantitative estimate of drug-likeness (QED) is 0.788. The molecular weight excluding hydrogens is 210 g/mol. The van der Waals surface area contributed by atoms with Crippen LogP contribution in [0.3, 0.4) is 0 Å². The van der Waals surface area contributed by atoms with E-state index in [0.717, 1.165) is 5.39 Å². The molecule has 1 heterocycles. The fourth-order valence-electron chi connectivity index (χ4n) is 1.60. The average molecular weight is 222 g/mol. The highest BCUT2D eigenvalue weighted by Gasteiger charge is 2.05. The lowest BCUT2D eigenvalue weighted by Gasteiger charge is -2.07. The van der Waals surface area contributed by atoms with E-state index < -0.39 is 0 Å². The molecule has 15 heavy (non-hydrogen) atoms. The molecule has 3 heteroatoms. The van der Waals surface area contributed by atoms with Crippen molar-refractivity contribution in [2.75, 3.05) is 0 Å². The Kier molecular flexibility index (Phi) is 2.53. The van der Waals surface area contributed by atoms with Crippen molar-refractivity contribution in [2.24, 2.45) is 0 Å². The summed E-state index contributed by atoms with van der Waals surface area (Å²) in [7, 11) is 0. The van der Waals surface area contributed by atoms with Gasteiger partial charge in [-0.25, -0.2) is 0 Å². The Morgan fingerprint density at radius 3 is 2.67 bits per heavy atom. The van der Waals surface area contributed by atoms with E-state index >= 15 is 0 Å². The van der Waals surface area contributed by atoms with E-state index in [4.69, 9.17) is 11.6 Å². The SMILES string of the molecule is CC(C)c1ccc2c(=O)[nH]cc(Cl)c2c1. The summed E-state index contributed by atoms with van der Waals surface area (Å²) in [5, 5.41) is 2.06. The van der Waals surface area contributed by atoms with Gasteiger partial charge < -0.3 is 4.98 Å². The number of halogens is 1. The molecular formula is C12H12ClNO. The van der Waals surface area contributed by atoms with Crippen LogP contribution in [0.15, 0.2) is 29.2 Å². The second kappa shape index (κ2) is 3.70. The van der Waals surface area contributed by atoms with Crippen molar-refractivity contribution in [2.45, 2.75) is 19.8 Å². The molecule has 1 aromatic heterocycles. The topological polar surface area (TPSA) is 32.9 Å². The zero-order valence-electron chi connectivity index (χ0n) is 8.67. The molecule has 0 amide bonds. The van der Waals surface area contributed by atoms with E-state index in [-0.39, 0.29) is 5.56 Å². The summed E-state index contributed by atoms with van der Waals surface area (Å²) in [6, 6.07) is 5.78. The van der Waals surface area contributed by atoms with Crippen LogP contribution in [-0.2, 0) is 0 Å². The van der Waals surface area contributed by atoms with E-state index in [1.165, 1.54) is 11.8 Å². The number of hydrogen-bond acceptors (Lipinski definition) is 1. The van der Waals surface area contributed by atoms with Gasteiger partial charge in [0.15, 0.2) is 0 Å². The molecule has 0 aliphatic rings. The molecule has 1 aromatic carbocycles. The summed E-state index contributed by atoms with van der Waals surface area (Å²) in [6.07, 6.45) is 1.54. The fourth-order valence-corrected chi connectivity index (χ4v) is 1.81.